The van der Waals surface area contributed by atoms with E-state index in [1.54, 1.807) is 36.0 Å². The fraction of sp³-hybridized carbons (Fsp3) is 0.136. The van der Waals surface area contributed by atoms with Gasteiger partial charge in [0.2, 0.25) is 0 Å². The summed E-state index contributed by atoms with van der Waals surface area (Å²) in [6.07, 6.45) is 2.00. The molecule has 0 radical (unpaired) electrons. The fourth-order valence-corrected chi connectivity index (χ4v) is 4.15. The van der Waals surface area contributed by atoms with Gasteiger partial charge in [0.15, 0.2) is 0 Å². The van der Waals surface area contributed by atoms with Crippen LogP contribution in [0.1, 0.15) is 18.1 Å². The number of carbonyl (C=O) groups is 1. The Morgan fingerprint density at radius 1 is 1.19 bits per heavy atom. The van der Waals surface area contributed by atoms with Gasteiger partial charge in [0, 0.05) is 29.7 Å². The second kappa shape index (κ2) is 10.0. The van der Waals surface area contributed by atoms with E-state index in [9.17, 15) is 4.79 Å². The molecule has 4 aromatic rings. The molecule has 0 aliphatic carbocycles. The van der Waals surface area contributed by atoms with Gasteiger partial charge in [-0.05, 0) is 47.9 Å². The zero-order chi connectivity index (χ0) is 21.1. The first-order valence-electron chi connectivity index (χ1n) is 9.35. The summed E-state index contributed by atoms with van der Waals surface area (Å²) in [4.78, 5) is 20.2. The van der Waals surface area contributed by atoms with Gasteiger partial charge in [-0.3, -0.25) is 5.32 Å². The third kappa shape index (κ3) is 5.12. The van der Waals surface area contributed by atoms with E-state index in [-0.39, 0.29) is 24.3 Å². The van der Waals surface area contributed by atoms with Gasteiger partial charge in [-0.1, -0.05) is 29.8 Å². The van der Waals surface area contributed by atoms with Crippen molar-refractivity contribution in [3.05, 3.63) is 76.1 Å². The Morgan fingerprint density at radius 3 is 2.74 bits per heavy atom. The van der Waals surface area contributed by atoms with Crippen LogP contribution in [0.25, 0.3) is 21.3 Å². The van der Waals surface area contributed by atoms with Crippen molar-refractivity contribution in [2.75, 3.05) is 11.9 Å². The molecule has 0 bridgehead atoms. The van der Waals surface area contributed by atoms with Crippen molar-refractivity contribution in [3.63, 3.8) is 0 Å². The van der Waals surface area contributed by atoms with E-state index in [1.165, 1.54) is 11.3 Å². The maximum Gasteiger partial charge on any atom is 0.320 e. The summed E-state index contributed by atoms with van der Waals surface area (Å²) >= 11 is 7.60. The Bertz CT molecular complexity index is 1210. The number of benzene rings is 2. The minimum absolute atomic E-state index is 0. The molecule has 9 heteroatoms. The molecule has 160 valence electrons. The molecular formula is C22H19Cl2FN4OS. The second-order valence-electron chi connectivity index (χ2n) is 6.65. The van der Waals surface area contributed by atoms with Gasteiger partial charge in [0.1, 0.15) is 11.6 Å². The van der Waals surface area contributed by atoms with E-state index in [2.05, 4.69) is 20.6 Å². The molecule has 0 fully saturated rings. The zero-order valence-corrected chi connectivity index (χ0v) is 18.9. The first kappa shape index (κ1) is 22.9. The molecule has 31 heavy (non-hydrogen) atoms. The smallest absolute Gasteiger partial charge is 0.320 e. The van der Waals surface area contributed by atoms with Gasteiger partial charge in [0.25, 0.3) is 0 Å². The van der Waals surface area contributed by atoms with Crippen LogP contribution in [0.15, 0.2) is 54.2 Å². The molecule has 0 aliphatic heterocycles. The van der Waals surface area contributed by atoms with Crippen molar-refractivity contribution in [2.24, 2.45) is 0 Å². The average Bonchev–Trinajstić information content (AvgIpc) is 3.18. The SMILES string of the molecule is CCNC(=O)Nc1ccc(Cc2cc3scnc3c(-c3cccc(Cl)c3)c2F)cn1.Cl. The number of hydrogen-bond acceptors (Lipinski definition) is 4. The van der Waals surface area contributed by atoms with Gasteiger partial charge < -0.3 is 5.32 Å². The van der Waals surface area contributed by atoms with Gasteiger partial charge >= 0.3 is 6.03 Å². The highest BCUT2D eigenvalue weighted by atomic mass is 35.5. The van der Waals surface area contributed by atoms with Crippen molar-refractivity contribution >= 4 is 57.4 Å². The normalized spacial score (nSPS) is 10.5. The Kier molecular flexibility index (Phi) is 7.43. The first-order valence-corrected chi connectivity index (χ1v) is 10.6. The van der Waals surface area contributed by atoms with Crippen LogP contribution in [0.4, 0.5) is 15.0 Å². The quantitative estimate of drug-likeness (QED) is 0.354. The van der Waals surface area contributed by atoms with Crippen molar-refractivity contribution in [1.29, 1.82) is 0 Å². The number of fused-ring (bicyclic) bond motifs is 1. The van der Waals surface area contributed by atoms with Crippen molar-refractivity contribution < 1.29 is 9.18 Å². The van der Waals surface area contributed by atoms with E-state index >= 15 is 4.39 Å². The summed E-state index contributed by atoms with van der Waals surface area (Å²) in [5.74, 6) is 0.114. The zero-order valence-electron chi connectivity index (χ0n) is 16.5. The number of thiazole rings is 1. The molecule has 2 heterocycles. The lowest BCUT2D eigenvalue weighted by Crippen LogP contribution is -2.28. The molecule has 0 atom stereocenters. The number of aromatic nitrogens is 2. The number of carbonyl (C=O) groups excluding carboxylic acids is 1. The lowest BCUT2D eigenvalue weighted by molar-refractivity contribution is 0.252. The minimum Gasteiger partial charge on any atom is -0.338 e. The third-order valence-electron chi connectivity index (χ3n) is 4.55. The topological polar surface area (TPSA) is 66.9 Å². The fourth-order valence-electron chi connectivity index (χ4n) is 3.21. The molecule has 0 unspecified atom stereocenters. The number of rotatable bonds is 5. The number of hydrogen-bond donors (Lipinski definition) is 2. The molecule has 0 saturated carbocycles. The van der Waals surface area contributed by atoms with Crippen molar-refractivity contribution in [1.82, 2.24) is 15.3 Å². The van der Waals surface area contributed by atoms with Crippen LogP contribution in [0.2, 0.25) is 5.02 Å². The van der Waals surface area contributed by atoms with Crippen LogP contribution < -0.4 is 10.6 Å². The molecule has 5 nitrogen and oxygen atoms in total. The number of pyridine rings is 1. The van der Waals surface area contributed by atoms with Crippen LogP contribution in [-0.4, -0.2) is 22.5 Å². The van der Waals surface area contributed by atoms with Crippen LogP contribution in [0.3, 0.4) is 0 Å². The molecule has 0 aliphatic rings. The summed E-state index contributed by atoms with van der Waals surface area (Å²) in [6.45, 7) is 2.36. The first-order chi connectivity index (χ1) is 14.5. The highest BCUT2D eigenvalue weighted by molar-refractivity contribution is 7.16. The number of anilines is 1. The summed E-state index contributed by atoms with van der Waals surface area (Å²) in [7, 11) is 0. The summed E-state index contributed by atoms with van der Waals surface area (Å²) in [5, 5.41) is 5.83. The van der Waals surface area contributed by atoms with Gasteiger partial charge in [0.05, 0.1) is 15.7 Å². The van der Waals surface area contributed by atoms with E-state index < -0.39 is 0 Å². The maximum absolute atomic E-state index is 15.6. The van der Waals surface area contributed by atoms with Gasteiger partial charge in [-0.15, -0.1) is 23.7 Å². The standard InChI is InChI=1S/C22H18ClFN4OS.ClH/c1-2-25-22(29)28-18-7-6-13(11-26-18)8-15-10-17-21(27-12-30-17)19(20(15)24)14-4-3-5-16(23)9-14;/h3-7,9-12H,2,8H2,1H3,(H2,25,26,28,29);1H. The molecule has 2 amide bonds. The Balaban J connectivity index is 0.00000272. The highest BCUT2D eigenvalue weighted by Crippen LogP contribution is 2.36. The second-order valence-corrected chi connectivity index (χ2v) is 7.97. The van der Waals surface area contributed by atoms with E-state index in [4.69, 9.17) is 11.6 Å². The van der Waals surface area contributed by atoms with Crippen LogP contribution in [0.5, 0.6) is 0 Å². The van der Waals surface area contributed by atoms with E-state index in [1.807, 2.05) is 25.1 Å². The minimum atomic E-state index is -0.319. The molecule has 2 aromatic heterocycles. The Labute approximate surface area is 194 Å². The van der Waals surface area contributed by atoms with Crippen molar-refractivity contribution in [2.45, 2.75) is 13.3 Å². The molecule has 2 N–H and O–H groups in total. The molecule has 2 aromatic carbocycles. The maximum atomic E-state index is 15.6. The molecule has 0 spiro atoms. The average molecular weight is 477 g/mol. The third-order valence-corrected chi connectivity index (χ3v) is 5.56. The predicted molar refractivity (Wildman–Crippen MR) is 127 cm³/mol. The molecule has 4 rings (SSSR count). The monoisotopic (exact) mass is 476 g/mol. The summed E-state index contributed by atoms with van der Waals surface area (Å²) in [5.41, 5.74) is 4.86. The number of halogens is 3. The number of urea groups is 1. The predicted octanol–water partition coefficient (Wildman–Crippen LogP) is 6.30. The molecular weight excluding hydrogens is 458 g/mol. The Morgan fingerprint density at radius 2 is 2.03 bits per heavy atom. The lowest BCUT2D eigenvalue weighted by atomic mass is 9.97. The number of nitrogens with one attached hydrogen (secondary N) is 2. The highest BCUT2D eigenvalue weighted by Gasteiger charge is 2.18. The lowest BCUT2D eigenvalue weighted by Gasteiger charge is -2.11. The van der Waals surface area contributed by atoms with Gasteiger partial charge in [-0.25, -0.2) is 19.2 Å². The largest absolute Gasteiger partial charge is 0.338 e. The van der Waals surface area contributed by atoms with E-state index in [0.717, 1.165) is 10.3 Å². The number of nitrogens with zero attached hydrogens (tertiary/aromatic N) is 2. The Hall–Kier alpha value is -2.74. The van der Waals surface area contributed by atoms with Crippen LogP contribution in [-0.2, 0) is 6.42 Å². The van der Waals surface area contributed by atoms with Crippen LogP contribution in [0, 0.1) is 5.82 Å². The van der Waals surface area contributed by atoms with Crippen molar-refractivity contribution in [3.8, 4) is 11.1 Å². The summed E-state index contributed by atoms with van der Waals surface area (Å²) in [6, 6.07) is 12.2. The summed E-state index contributed by atoms with van der Waals surface area (Å²) < 4.78 is 16.5. The van der Waals surface area contributed by atoms with Crippen LogP contribution >= 0.6 is 35.3 Å². The number of amides is 2. The van der Waals surface area contributed by atoms with E-state index in [0.29, 0.717) is 46.0 Å². The van der Waals surface area contributed by atoms with Gasteiger partial charge in [-0.2, -0.15) is 0 Å². The molecule has 0 saturated heterocycles.